The van der Waals surface area contributed by atoms with E-state index in [1.165, 1.54) is 25.9 Å². The van der Waals surface area contributed by atoms with Crippen LogP contribution in [0.2, 0.25) is 4.05 Å². The third kappa shape index (κ3) is 2.09. The van der Waals surface area contributed by atoms with Crippen LogP contribution in [0.1, 0.15) is 12.8 Å². The SMILES string of the molecule is [Cl][Mg][CH]1CCNCC1. The number of halogens is 1. The molecule has 1 aliphatic heterocycles. The topological polar surface area (TPSA) is 12.0 Å². The van der Waals surface area contributed by atoms with Crippen LogP contribution in [0.4, 0.5) is 0 Å². The summed E-state index contributed by atoms with van der Waals surface area (Å²) in [5.74, 6) is 0. The normalized spacial score (nSPS) is 22.6. The highest BCUT2D eigenvalue weighted by Crippen LogP contribution is 2.17. The first kappa shape index (κ1) is 7.13. The van der Waals surface area contributed by atoms with Gasteiger partial charge in [-0.1, -0.05) is 12.8 Å². The molecule has 0 radical (unpaired) electrons. The van der Waals surface area contributed by atoms with Gasteiger partial charge in [-0.25, -0.2) is 0 Å². The monoisotopic (exact) mass is 143 g/mol. The number of hydrogen-bond acceptors (Lipinski definition) is 1. The molecule has 0 aromatic heterocycles. The quantitative estimate of drug-likeness (QED) is 0.541. The maximum absolute atomic E-state index is 5.79. The number of nitrogens with one attached hydrogen (secondary N) is 1. The summed E-state index contributed by atoms with van der Waals surface area (Å²) in [5.41, 5.74) is 0. The molecule has 0 aliphatic carbocycles. The molecular formula is C5H10ClMgN. The van der Waals surface area contributed by atoms with Crippen molar-refractivity contribution in [3.8, 4) is 0 Å². The summed E-state index contributed by atoms with van der Waals surface area (Å²) < 4.78 is 0.929. The van der Waals surface area contributed by atoms with E-state index < -0.39 is 0 Å². The van der Waals surface area contributed by atoms with Crippen LogP contribution in [0.25, 0.3) is 0 Å². The van der Waals surface area contributed by atoms with Crippen molar-refractivity contribution in [2.45, 2.75) is 16.9 Å². The number of rotatable bonds is 1. The molecule has 0 bridgehead atoms. The van der Waals surface area contributed by atoms with Gasteiger partial charge in [-0.15, -0.1) is 4.05 Å². The van der Waals surface area contributed by atoms with Gasteiger partial charge in [0.15, 0.2) is 0 Å². The summed E-state index contributed by atoms with van der Waals surface area (Å²) in [6, 6.07) is 0. The fourth-order valence-corrected chi connectivity index (χ4v) is 2.68. The second-order valence-electron chi connectivity index (χ2n) is 2.35. The van der Waals surface area contributed by atoms with E-state index in [-0.39, 0.29) is 19.3 Å². The molecule has 1 heterocycles. The molecule has 1 aliphatic rings. The highest BCUT2D eigenvalue weighted by molar-refractivity contribution is 6.94. The van der Waals surface area contributed by atoms with E-state index in [2.05, 4.69) is 5.32 Å². The fourth-order valence-electron chi connectivity index (χ4n) is 1.04. The zero-order chi connectivity index (χ0) is 5.82. The molecule has 0 unspecified atom stereocenters. The molecule has 0 saturated carbocycles. The lowest BCUT2D eigenvalue weighted by Gasteiger charge is -2.19. The lowest BCUT2D eigenvalue weighted by molar-refractivity contribution is 0.519. The zero-order valence-corrected chi connectivity index (χ0v) is 7.16. The average molecular weight is 144 g/mol. The maximum atomic E-state index is 5.79. The van der Waals surface area contributed by atoms with Crippen LogP contribution in [-0.2, 0) is 0 Å². The fraction of sp³-hybridized carbons (Fsp3) is 1.00. The summed E-state index contributed by atoms with van der Waals surface area (Å²) in [7, 11) is 5.79. The Morgan fingerprint density at radius 1 is 1.38 bits per heavy atom. The van der Waals surface area contributed by atoms with E-state index in [1.54, 1.807) is 0 Å². The Morgan fingerprint density at radius 2 is 2.00 bits per heavy atom. The first-order valence-electron chi connectivity index (χ1n) is 3.20. The standard InChI is InChI=1S/C5H10N.ClH.Mg/c1-2-4-6-5-3-1;;/h1,6H,2-5H2;1H;/q;;+1/p-1. The van der Waals surface area contributed by atoms with Crippen molar-refractivity contribution in [2.75, 3.05) is 13.1 Å². The van der Waals surface area contributed by atoms with Gasteiger partial charge < -0.3 is 14.4 Å². The van der Waals surface area contributed by atoms with E-state index in [9.17, 15) is 0 Å². The lowest BCUT2D eigenvalue weighted by Crippen LogP contribution is -2.26. The second-order valence-corrected chi connectivity index (χ2v) is 4.74. The minimum absolute atomic E-state index is 0.200. The van der Waals surface area contributed by atoms with Crippen LogP contribution in [-0.4, -0.2) is 32.4 Å². The lowest BCUT2D eigenvalue weighted by atomic mass is 10.2. The van der Waals surface area contributed by atoms with Gasteiger partial charge in [-0.05, 0) is 13.1 Å². The van der Waals surface area contributed by atoms with E-state index in [0.29, 0.717) is 0 Å². The molecule has 8 heavy (non-hydrogen) atoms. The highest BCUT2D eigenvalue weighted by Gasteiger charge is 2.13. The molecule has 0 atom stereocenters. The average Bonchev–Trinajstić information content (AvgIpc) is 1.90. The van der Waals surface area contributed by atoms with E-state index in [4.69, 9.17) is 9.07 Å². The molecule has 1 nitrogen and oxygen atoms in total. The minimum Gasteiger partial charge on any atom is -0.346 e. The predicted octanol–water partition coefficient (Wildman–Crippen LogP) is 1.02. The van der Waals surface area contributed by atoms with E-state index in [1.807, 2.05) is 0 Å². The van der Waals surface area contributed by atoms with Gasteiger partial charge in [0.1, 0.15) is 0 Å². The van der Waals surface area contributed by atoms with Crippen LogP contribution in [0.15, 0.2) is 0 Å². The predicted molar refractivity (Wildman–Crippen MR) is 37.5 cm³/mol. The third-order valence-corrected chi connectivity index (χ3v) is 4.24. The Bertz CT molecular complexity index is 63.4. The maximum Gasteiger partial charge on any atom is 0.504 e. The van der Waals surface area contributed by atoms with Gasteiger partial charge in [-0.3, -0.25) is 0 Å². The highest BCUT2D eigenvalue weighted by atomic mass is 35.5. The Hall–Kier alpha value is 1.02. The van der Waals surface area contributed by atoms with Crippen LogP contribution in [0, 0.1) is 0 Å². The molecule has 0 aromatic rings. The van der Waals surface area contributed by atoms with Gasteiger partial charge in [0.25, 0.3) is 0 Å². The summed E-state index contributed by atoms with van der Waals surface area (Å²) in [5, 5.41) is 3.31. The van der Waals surface area contributed by atoms with Crippen molar-refractivity contribution in [1.82, 2.24) is 5.32 Å². The molecule has 44 valence electrons. The molecule has 0 spiro atoms. The first-order valence-corrected chi connectivity index (χ1v) is 6.15. The largest absolute Gasteiger partial charge is 0.504 e. The van der Waals surface area contributed by atoms with Crippen molar-refractivity contribution >= 4 is 28.3 Å². The molecule has 0 aromatic carbocycles. The Morgan fingerprint density at radius 3 is 2.38 bits per heavy atom. The van der Waals surface area contributed by atoms with Crippen LogP contribution in [0.5, 0.6) is 0 Å². The van der Waals surface area contributed by atoms with Crippen molar-refractivity contribution < 1.29 is 0 Å². The van der Waals surface area contributed by atoms with Crippen LogP contribution >= 0.6 is 9.07 Å². The summed E-state index contributed by atoms with van der Waals surface area (Å²) >= 11 is -0.200. The van der Waals surface area contributed by atoms with Crippen molar-refractivity contribution in [2.24, 2.45) is 0 Å². The van der Waals surface area contributed by atoms with Crippen molar-refractivity contribution in [3.63, 3.8) is 0 Å². The molecule has 3 heteroatoms. The summed E-state index contributed by atoms with van der Waals surface area (Å²) in [6.07, 6.45) is 2.66. The molecule has 1 saturated heterocycles. The Labute approximate surface area is 63.7 Å². The Balaban J connectivity index is 2.13. The van der Waals surface area contributed by atoms with Gasteiger partial charge >= 0.3 is 19.3 Å². The first-order chi connectivity index (χ1) is 3.93. The van der Waals surface area contributed by atoms with Crippen molar-refractivity contribution in [3.05, 3.63) is 0 Å². The second kappa shape index (κ2) is 3.93. The third-order valence-electron chi connectivity index (χ3n) is 1.68. The smallest absolute Gasteiger partial charge is 0.346 e. The van der Waals surface area contributed by atoms with Gasteiger partial charge in [0.2, 0.25) is 0 Å². The zero-order valence-electron chi connectivity index (χ0n) is 4.99. The Kier molecular flexibility index (Phi) is 3.50. The number of piperidine rings is 1. The van der Waals surface area contributed by atoms with Gasteiger partial charge in [0.05, 0.1) is 0 Å². The molecule has 1 rings (SSSR count). The molecule has 1 fully saturated rings. The van der Waals surface area contributed by atoms with Crippen LogP contribution in [0.3, 0.4) is 0 Å². The molecular weight excluding hydrogens is 134 g/mol. The summed E-state index contributed by atoms with van der Waals surface area (Å²) in [4.78, 5) is 0. The van der Waals surface area contributed by atoms with Gasteiger partial charge in [0, 0.05) is 0 Å². The molecule has 0 amide bonds. The summed E-state index contributed by atoms with van der Waals surface area (Å²) in [6.45, 7) is 2.40. The molecule has 1 N–H and O–H groups in total. The minimum atomic E-state index is -0.200. The van der Waals surface area contributed by atoms with Crippen molar-refractivity contribution in [1.29, 1.82) is 0 Å². The van der Waals surface area contributed by atoms with E-state index in [0.717, 1.165) is 4.05 Å². The number of hydrogen-bond donors (Lipinski definition) is 1. The van der Waals surface area contributed by atoms with Gasteiger partial charge in [-0.2, -0.15) is 0 Å². The van der Waals surface area contributed by atoms with Crippen LogP contribution < -0.4 is 5.32 Å². The van der Waals surface area contributed by atoms with E-state index >= 15 is 0 Å².